The molecule has 0 aliphatic carbocycles. The molecule has 2 heteroatoms. The molecule has 0 amide bonds. The number of allylic oxidation sites excluding steroid dienone is 1. The number of terminal acetylenes is 1. The maximum Gasteiger partial charge on any atom is 0.148 e. The van der Waals surface area contributed by atoms with E-state index in [2.05, 4.69) is 29.5 Å². The Balaban J connectivity index is 2.43. The van der Waals surface area contributed by atoms with Gasteiger partial charge in [0.1, 0.15) is 12.4 Å². The van der Waals surface area contributed by atoms with E-state index in [1.54, 1.807) is 0 Å². The monoisotopic (exact) mass is 229 g/mol. The summed E-state index contributed by atoms with van der Waals surface area (Å²) in [5.41, 5.74) is 1.14. The molecule has 0 aromatic heterocycles. The van der Waals surface area contributed by atoms with Crippen LogP contribution in [-0.4, -0.2) is 13.2 Å². The first kappa shape index (κ1) is 13.3. The number of ether oxygens (including phenoxy) is 1. The van der Waals surface area contributed by atoms with Gasteiger partial charge in [0, 0.05) is 12.1 Å². The summed E-state index contributed by atoms with van der Waals surface area (Å²) in [5, 5.41) is 3.37. The minimum Gasteiger partial charge on any atom is -0.481 e. The highest BCUT2D eigenvalue weighted by Gasteiger charge is 2.01. The Kier molecular flexibility index (Phi) is 6.62. The summed E-state index contributed by atoms with van der Waals surface area (Å²) in [5.74, 6) is 3.34. The lowest BCUT2D eigenvalue weighted by atomic mass is 10.2. The maximum absolute atomic E-state index is 5.47. The van der Waals surface area contributed by atoms with Gasteiger partial charge in [-0.15, -0.1) is 6.42 Å². The van der Waals surface area contributed by atoms with Crippen molar-refractivity contribution in [3.8, 4) is 18.1 Å². The second kappa shape index (κ2) is 8.43. The van der Waals surface area contributed by atoms with Crippen molar-refractivity contribution in [2.45, 2.75) is 19.9 Å². The Hall–Kier alpha value is -1.72. The second-order valence-electron chi connectivity index (χ2n) is 3.64. The van der Waals surface area contributed by atoms with Gasteiger partial charge in [-0.3, -0.25) is 0 Å². The summed E-state index contributed by atoms with van der Waals surface area (Å²) in [6.07, 6.45) is 10.4. The number of benzene rings is 1. The standard InChI is InChI=1S/C15H19NO/c1-3-5-8-11-16-13-14-9-6-7-10-15(14)17-12-4-2/h2-3,5-7,9-10,16H,8,11-13H2,1H3/b5-3+. The van der Waals surface area contributed by atoms with E-state index in [-0.39, 0.29) is 0 Å². The molecule has 0 saturated carbocycles. The van der Waals surface area contributed by atoms with Crippen molar-refractivity contribution in [1.29, 1.82) is 0 Å². The highest BCUT2D eigenvalue weighted by molar-refractivity contribution is 5.33. The highest BCUT2D eigenvalue weighted by Crippen LogP contribution is 2.17. The lowest BCUT2D eigenvalue weighted by molar-refractivity contribution is 0.365. The minimum atomic E-state index is 0.315. The van der Waals surface area contributed by atoms with E-state index >= 15 is 0 Å². The van der Waals surface area contributed by atoms with Crippen molar-refractivity contribution in [3.05, 3.63) is 42.0 Å². The zero-order chi connectivity index (χ0) is 12.3. The molecule has 0 atom stereocenters. The topological polar surface area (TPSA) is 21.3 Å². The maximum atomic E-state index is 5.47. The average Bonchev–Trinajstić information content (AvgIpc) is 2.37. The first-order valence-electron chi connectivity index (χ1n) is 5.84. The fourth-order valence-electron chi connectivity index (χ4n) is 1.49. The van der Waals surface area contributed by atoms with Gasteiger partial charge in [-0.2, -0.15) is 0 Å². The summed E-state index contributed by atoms with van der Waals surface area (Å²) >= 11 is 0. The van der Waals surface area contributed by atoms with Gasteiger partial charge in [0.05, 0.1) is 0 Å². The van der Waals surface area contributed by atoms with E-state index in [1.165, 1.54) is 0 Å². The van der Waals surface area contributed by atoms with Crippen LogP contribution in [0.1, 0.15) is 18.9 Å². The van der Waals surface area contributed by atoms with E-state index in [1.807, 2.05) is 25.1 Å². The van der Waals surface area contributed by atoms with E-state index in [9.17, 15) is 0 Å². The van der Waals surface area contributed by atoms with Gasteiger partial charge < -0.3 is 10.1 Å². The fraction of sp³-hybridized carbons (Fsp3) is 0.333. The van der Waals surface area contributed by atoms with Crippen LogP contribution < -0.4 is 10.1 Å². The highest BCUT2D eigenvalue weighted by atomic mass is 16.5. The Morgan fingerprint density at radius 2 is 2.24 bits per heavy atom. The van der Waals surface area contributed by atoms with Crippen LogP contribution in [0.2, 0.25) is 0 Å². The molecule has 0 bridgehead atoms. The lowest BCUT2D eigenvalue weighted by Crippen LogP contribution is -2.15. The van der Waals surface area contributed by atoms with Crippen LogP contribution in [0.25, 0.3) is 0 Å². The SMILES string of the molecule is C#CCOc1ccccc1CNCC/C=C/C. The second-order valence-corrected chi connectivity index (χ2v) is 3.64. The normalized spacial score (nSPS) is 10.4. The molecule has 0 spiro atoms. The van der Waals surface area contributed by atoms with Crippen molar-refractivity contribution in [1.82, 2.24) is 5.32 Å². The van der Waals surface area contributed by atoms with Crippen LogP contribution >= 0.6 is 0 Å². The number of hydrogen-bond acceptors (Lipinski definition) is 2. The van der Waals surface area contributed by atoms with E-state index in [0.717, 1.165) is 30.8 Å². The number of hydrogen-bond donors (Lipinski definition) is 1. The predicted molar refractivity (Wildman–Crippen MR) is 71.9 cm³/mol. The first-order chi connectivity index (χ1) is 8.38. The zero-order valence-corrected chi connectivity index (χ0v) is 10.3. The van der Waals surface area contributed by atoms with Gasteiger partial charge in [-0.05, 0) is 26.0 Å². The molecular weight excluding hydrogens is 210 g/mol. The van der Waals surface area contributed by atoms with Crippen LogP contribution in [0.4, 0.5) is 0 Å². The fourth-order valence-corrected chi connectivity index (χ4v) is 1.49. The van der Waals surface area contributed by atoms with Crippen LogP contribution in [0.5, 0.6) is 5.75 Å². The molecule has 0 saturated heterocycles. The van der Waals surface area contributed by atoms with Gasteiger partial charge in [-0.1, -0.05) is 36.3 Å². The Morgan fingerprint density at radius 1 is 1.41 bits per heavy atom. The van der Waals surface area contributed by atoms with Crippen molar-refractivity contribution in [2.75, 3.05) is 13.2 Å². The molecule has 2 nitrogen and oxygen atoms in total. The van der Waals surface area contributed by atoms with Gasteiger partial charge in [-0.25, -0.2) is 0 Å². The predicted octanol–water partition coefficient (Wildman–Crippen LogP) is 2.75. The molecule has 90 valence electrons. The van der Waals surface area contributed by atoms with Crippen molar-refractivity contribution < 1.29 is 4.74 Å². The lowest BCUT2D eigenvalue weighted by Gasteiger charge is -2.09. The third-order valence-corrected chi connectivity index (χ3v) is 2.32. The average molecular weight is 229 g/mol. The summed E-state index contributed by atoms with van der Waals surface area (Å²) in [6.45, 7) is 4.12. The van der Waals surface area contributed by atoms with Crippen LogP contribution in [-0.2, 0) is 6.54 Å². The molecule has 1 rings (SSSR count). The molecule has 1 N–H and O–H groups in total. The quantitative estimate of drug-likeness (QED) is 0.441. The Morgan fingerprint density at radius 3 is 3.00 bits per heavy atom. The number of para-hydroxylation sites is 1. The molecule has 0 unspecified atom stereocenters. The first-order valence-corrected chi connectivity index (χ1v) is 5.84. The summed E-state index contributed by atoms with van der Waals surface area (Å²) in [7, 11) is 0. The summed E-state index contributed by atoms with van der Waals surface area (Å²) < 4.78 is 5.47. The molecule has 0 fully saturated rings. The largest absolute Gasteiger partial charge is 0.481 e. The Labute approximate surface area is 104 Å². The van der Waals surface area contributed by atoms with E-state index in [0.29, 0.717) is 6.61 Å². The van der Waals surface area contributed by atoms with E-state index in [4.69, 9.17) is 11.2 Å². The van der Waals surface area contributed by atoms with Crippen LogP contribution in [0.3, 0.4) is 0 Å². The summed E-state index contributed by atoms with van der Waals surface area (Å²) in [4.78, 5) is 0. The van der Waals surface area contributed by atoms with Crippen LogP contribution in [0.15, 0.2) is 36.4 Å². The van der Waals surface area contributed by atoms with Crippen molar-refractivity contribution in [3.63, 3.8) is 0 Å². The molecule has 0 aliphatic rings. The number of rotatable bonds is 7. The van der Waals surface area contributed by atoms with Gasteiger partial charge in [0.15, 0.2) is 0 Å². The third kappa shape index (κ3) is 5.24. The zero-order valence-electron chi connectivity index (χ0n) is 10.3. The van der Waals surface area contributed by atoms with Crippen LogP contribution in [0, 0.1) is 12.3 Å². The molecule has 0 aliphatic heterocycles. The van der Waals surface area contributed by atoms with Gasteiger partial charge in [0.25, 0.3) is 0 Å². The van der Waals surface area contributed by atoms with Gasteiger partial charge >= 0.3 is 0 Å². The molecule has 0 heterocycles. The summed E-state index contributed by atoms with van der Waals surface area (Å²) in [6, 6.07) is 7.95. The van der Waals surface area contributed by atoms with Gasteiger partial charge in [0.2, 0.25) is 0 Å². The molecule has 17 heavy (non-hydrogen) atoms. The molecule has 1 aromatic rings. The molecule has 0 radical (unpaired) electrons. The smallest absolute Gasteiger partial charge is 0.148 e. The third-order valence-electron chi connectivity index (χ3n) is 2.32. The number of nitrogens with one attached hydrogen (secondary N) is 1. The Bertz CT molecular complexity index is 390. The van der Waals surface area contributed by atoms with Crippen molar-refractivity contribution in [2.24, 2.45) is 0 Å². The van der Waals surface area contributed by atoms with E-state index < -0.39 is 0 Å². The molecule has 1 aromatic carbocycles. The van der Waals surface area contributed by atoms with Crippen molar-refractivity contribution >= 4 is 0 Å². The molecular formula is C15H19NO. The minimum absolute atomic E-state index is 0.315.